The van der Waals surface area contributed by atoms with Crippen molar-refractivity contribution in [3.8, 4) is 5.75 Å². The molecule has 2 rings (SSSR count). The third kappa shape index (κ3) is 5.77. The molecular weight excluding hydrogens is 366 g/mol. The summed E-state index contributed by atoms with van der Waals surface area (Å²) in [7, 11) is 1.59. The molecule has 7 nitrogen and oxygen atoms in total. The molecule has 0 aliphatic rings. The average molecular weight is 380 g/mol. The number of hydrogen-bond donors (Lipinski definition) is 1. The fourth-order valence-corrected chi connectivity index (χ4v) is 2.66. The number of thioether (sulfide) groups is 1. The van der Waals surface area contributed by atoms with E-state index in [-0.39, 0.29) is 22.4 Å². The number of methoxy groups -OCH3 is 1. The molecule has 0 unspecified atom stereocenters. The molecule has 9 heteroatoms. The lowest BCUT2D eigenvalue weighted by atomic mass is 10.2. The quantitative estimate of drug-likeness (QED) is 0.344. The number of nitro benzene ring substituents is 1. The maximum Gasteiger partial charge on any atom is 0.288 e. The van der Waals surface area contributed by atoms with Gasteiger partial charge in [-0.15, -0.1) is 11.8 Å². The maximum absolute atomic E-state index is 11.8. The van der Waals surface area contributed by atoms with Gasteiger partial charge in [0.05, 0.1) is 24.0 Å². The van der Waals surface area contributed by atoms with Crippen molar-refractivity contribution in [2.24, 2.45) is 5.10 Å². The van der Waals surface area contributed by atoms with Gasteiger partial charge in [0.2, 0.25) is 5.91 Å². The zero-order valence-corrected chi connectivity index (χ0v) is 14.7. The molecule has 0 saturated carbocycles. The van der Waals surface area contributed by atoms with Crippen LogP contribution in [0.3, 0.4) is 0 Å². The van der Waals surface area contributed by atoms with Crippen LogP contribution in [0, 0.1) is 10.1 Å². The molecule has 25 heavy (non-hydrogen) atoms. The number of nitrogens with zero attached hydrogens (tertiary/aromatic N) is 2. The van der Waals surface area contributed by atoms with Gasteiger partial charge in [0.1, 0.15) is 10.8 Å². The predicted octanol–water partition coefficient (Wildman–Crippen LogP) is 3.50. The van der Waals surface area contributed by atoms with E-state index in [1.165, 1.54) is 30.1 Å². The van der Waals surface area contributed by atoms with Gasteiger partial charge >= 0.3 is 0 Å². The second-order valence-corrected chi connectivity index (χ2v) is 6.18. The molecule has 130 valence electrons. The molecule has 0 heterocycles. The molecule has 0 aliphatic heterocycles. The second-order valence-electron chi connectivity index (χ2n) is 4.73. The minimum atomic E-state index is -0.580. The number of rotatable bonds is 7. The molecule has 0 radical (unpaired) electrons. The number of carbonyl (C=O) groups excluding carboxylic acids is 1. The Hall–Kier alpha value is -2.58. The zero-order chi connectivity index (χ0) is 18.2. The number of ether oxygens (including phenoxy) is 1. The molecule has 0 aromatic heterocycles. The standard InChI is InChI=1S/C16H14ClN3O4S/c1-24-12-3-5-13(6-4-12)25-10-16(21)19-18-9-11-2-7-14(17)15(8-11)20(22)23/h2-9H,10H2,1H3,(H,19,21)/b18-9+. The van der Waals surface area contributed by atoms with Crippen molar-refractivity contribution in [1.29, 1.82) is 0 Å². The van der Waals surface area contributed by atoms with E-state index in [4.69, 9.17) is 16.3 Å². The van der Waals surface area contributed by atoms with E-state index in [0.29, 0.717) is 5.56 Å². The molecule has 0 fully saturated rings. The Morgan fingerprint density at radius 2 is 2.08 bits per heavy atom. The molecule has 0 saturated heterocycles. The lowest BCUT2D eigenvalue weighted by Crippen LogP contribution is -2.19. The first-order valence-corrected chi connectivity index (χ1v) is 8.38. The van der Waals surface area contributed by atoms with E-state index in [1.54, 1.807) is 13.2 Å². The summed E-state index contributed by atoms with van der Waals surface area (Å²) in [5, 5.41) is 14.6. The van der Waals surface area contributed by atoms with Gasteiger partial charge in [-0.05, 0) is 30.3 Å². The highest BCUT2D eigenvalue weighted by molar-refractivity contribution is 8.00. The SMILES string of the molecule is COc1ccc(SCC(=O)N/N=C/c2ccc(Cl)c([N+](=O)[O-])c2)cc1. The molecule has 0 spiro atoms. The van der Waals surface area contributed by atoms with Crippen molar-refractivity contribution < 1.29 is 14.5 Å². The Morgan fingerprint density at radius 3 is 2.72 bits per heavy atom. The van der Waals surface area contributed by atoms with Crippen LogP contribution >= 0.6 is 23.4 Å². The number of halogens is 1. The summed E-state index contributed by atoms with van der Waals surface area (Å²) in [5.41, 5.74) is 2.61. The largest absolute Gasteiger partial charge is 0.497 e. The van der Waals surface area contributed by atoms with Gasteiger partial charge in [-0.1, -0.05) is 17.7 Å². The van der Waals surface area contributed by atoms with Crippen molar-refractivity contribution in [3.63, 3.8) is 0 Å². The first-order valence-electron chi connectivity index (χ1n) is 7.02. The maximum atomic E-state index is 11.8. The Labute approximate surface area is 153 Å². The van der Waals surface area contributed by atoms with Gasteiger partial charge in [0.25, 0.3) is 5.69 Å². The summed E-state index contributed by atoms with van der Waals surface area (Å²) in [6, 6.07) is 11.6. The molecule has 0 atom stereocenters. The topological polar surface area (TPSA) is 93.8 Å². The van der Waals surface area contributed by atoms with Gasteiger partial charge in [0, 0.05) is 16.5 Å². The summed E-state index contributed by atoms with van der Waals surface area (Å²) < 4.78 is 5.06. The number of nitro groups is 1. The minimum absolute atomic E-state index is 0.0436. The smallest absolute Gasteiger partial charge is 0.288 e. The van der Waals surface area contributed by atoms with Crippen LogP contribution in [0.4, 0.5) is 5.69 Å². The van der Waals surface area contributed by atoms with Crippen LogP contribution < -0.4 is 10.2 Å². The molecule has 0 bridgehead atoms. The van der Waals surface area contributed by atoms with Crippen molar-refractivity contribution >= 4 is 41.2 Å². The lowest BCUT2D eigenvalue weighted by Gasteiger charge is -2.03. The van der Waals surface area contributed by atoms with Gasteiger partial charge in [-0.25, -0.2) is 5.43 Å². The van der Waals surface area contributed by atoms with E-state index >= 15 is 0 Å². The van der Waals surface area contributed by atoms with Crippen molar-refractivity contribution in [2.75, 3.05) is 12.9 Å². The summed E-state index contributed by atoms with van der Waals surface area (Å²) in [6.45, 7) is 0. The minimum Gasteiger partial charge on any atom is -0.497 e. The third-order valence-corrected chi connectivity index (χ3v) is 4.33. The van der Waals surface area contributed by atoms with E-state index < -0.39 is 4.92 Å². The van der Waals surface area contributed by atoms with E-state index in [0.717, 1.165) is 10.6 Å². The molecule has 2 aromatic rings. The third-order valence-electron chi connectivity index (χ3n) is 3.00. The normalized spacial score (nSPS) is 10.6. The number of benzene rings is 2. The number of hydrazone groups is 1. The monoisotopic (exact) mass is 379 g/mol. The van der Waals surface area contributed by atoms with Gasteiger partial charge in [-0.3, -0.25) is 14.9 Å². The van der Waals surface area contributed by atoms with E-state index in [9.17, 15) is 14.9 Å². The molecule has 1 amide bonds. The first-order chi connectivity index (χ1) is 12.0. The summed E-state index contributed by atoms with van der Waals surface area (Å²) in [5.74, 6) is 0.640. The summed E-state index contributed by atoms with van der Waals surface area (Å²) in [6.07, 6.45) is 1.32. The highest BCUT2D eigenvalue weighted by atomic mass is 35.5. The van der Waals surface area contributed by atoms with E-state index in [1.807, 2.05) is 24.3 Å². The first kappa shape index (κ1) is 18.8. The van der Waals surface area contributed by atoms with Gasteiger partial charge in [-0.2, -0.15) is 5.10 Å². The summed E-state index contributed by atoms with van der Waals surface area (Å²) >= 11 is 7.08. The fourth-order valence-electron chi connectivity index (χ4n) is 1.78. The number of hydrogen-bond acceptors (Lipinski definition) is 6. The molecule has 0 aliphatic carbocycles. The fraction of sp³-hybridized carbons (Fsp3) is 0.125. The number of nitrogens with one attached hydrogen (secondary N) is 1. The lowest BCUT2D eigenvalue weighted by molar-refractivity contribution is -0.384. The van der Waals surface area contributed by atoms with Crippen molar-refractivity contribution in [1.82, 2.24) is 5.43 Å². The van der Waals surface area contributed by atoms with Crippen LogP contribution in [0.25, 0.3) is 0 Å². The van der Waals surface area contributed by atoms with Crippen LogP contribution in [-0.4, -0.2) is 29.9 Å². The van der Waals surface area contributed by atoms with Crippen LogP contribution in [-0.2, 0) is 4.79 Å². The van der Waals surface area contributed by atoms with E-state index in [2.05, 4.69) is 10.5 Å². The van der Waals surface area contributed by atoms with Crippen LogP contribution in [0.15, 0.2) is 52.5 Å². The second kappa shape index (κ2) is 9.05. The zero-order valence-electron chi connectivity index (χ0n) is 13.1. The number of amides is 1. The summed E-state index contributed by atoms with van der Waals surface area (Å²) in [4.78, 5) is 22.9. The van der Waals surface area contributed by atoms with Crippen LogP contribution in [0.5, 0.6) is 5.75 Å². The Bertz CT molecular complexity index is 796. The highest BCUT2D eigenvalue weighted by Crippen LogP contribution is 2.24. The Balaban J connectivity index is 1.85. The Morgan fingerprint density at radius 1 is 1.36 bits per heavy atom. The van der Waals surface area contributed by atoms with Crippen LogP contribution in [0.2, 0.25) is 5.02 Å². The average Bonchev–Trinajstić information content (AvgIpc) is 2.61. The highest BCUT2D eigenvalue weighted by Gasteiger charge is 2.11. The molecule has 2 aromatic carbocycles. The van der Waals surface area contributed by atoms with Gasteiger partial charge < -0.3 is 4.74 Å². The molecule has 1 N–H and O–H groups in total. The molecular formula is C16H14ClN3O4S. The van der Waals surface area contributed by atoms with Crippen molar-refractivity contribution in [2.45, 2.75) is 4.90 Å². The van der Waals surface area contributed by atoms with Crippen molar-refractivity contribution in [3.05, 3.63) is 63.2 Å². The Kier molecular flexibility index (Phi) is 6.79. The number of carbonyl (C=O) groups is 1. The van der Waals surface area contributed by atoms with Crippen LogP contribution in [0.1, 0.15) is 5.56 Å². The predicted molar refractivity (Wildman–Crippen MR) is 97.6 cm³/mol. The van der Waals surface area contributed by atoms with Gasteiger partial charge in [0.15, 0.2) is 0 Å².